The number of rotatable bonds is 7. The van der Waals surface area contributed by atoms with Crippen LogP contribution in [0.3, 0.4) is 0 Å². The minimum absolute atomic E-state index is 0. The van der Waals surface area contributed by atoms with E-state index in [1.54, 1.807) is 12.1 Å². The van der Waals surface area contributed by atoms with Gasteiger partial charge in [0.25, 0.3) is 5.91 Å². The Morgan fingerprint density at radius 1 is 1.03 bits per heavy atom. The maximum atomic E-state index is 13.0. The van der Waals surface area contributed by atoms with Gasteiger partial charge >= 0.3 is 0 Å². The fourth-order valence-corrected chi connectivity index (χ4v) is 4.41. The Kier molecular flexibility index (Phi) is 7.62. The number of carbonyl (C=O) groups excluding carboxylic acids is 2. The first-order valence-corrected chi connectivity index (χ1v) is 10.5. The van der Waals surface area contributed by atoms with Crippen LogP contribution < -0.4 is 0 Å². The average Bonchev–Trinajstić information content (AvgIpc) is 3.05. The van der Waals surface area contributed by atoms with Crippen LogP contribution in [0.15, 0.2) is 48.5 Å². The maximum absolute atomic E-state index is 13.0. The molecule has 2 aromatic rings. The van der Waals surface area contributed by atoms with Crippen molar-refractivity contribution in [3.8, 4) is 0 Å². The molecule has 0 aromatic heterocycles. The largest absolute Gasteiger partial charge is 0.334 e. The van der Waals surface area contributed by atoms with Gasteiger partial charge in [0.1, 0.15) is 5.82 Å². The predicted molar refractivity (Wildman–Crippen MR) is 118 cm³/mol. The summed E-state index contributed by atoms with van der Waals surface area (Å²) in [5.74, 6) is 0.476. The third-order valence-corrected chi connectivity index (χ3v) is 6.13. The van der Waals surface area contributed by atoms with Gasteiger partial charge in [-0.15, -0.1) is 12.4 Å². The van der Waals surface area contributed by atoms with Crippen molar-refractivity contribution in [1.82, 2.24) is 9.80 Å². The van der Waals surface area contributed by atoms with Crippen molar-refractivity contribution in [2.75, 3.05) is 26.2 Å². The Labute approximate surface area is 183 Å². The molecule has 1 amide bonds. The van der Waals surface area contributed by atoms with E-state index in [2.05, 4.69) is 4.90 Å². The number of hydrogen-bond acceptors (Lipinski definition) is 3. The number of Topliss-reactive ketones (excluding diaryl/α,β-unsaturated/α-hetero) is 1. The van der Waals surface area contributed by atoms with Gasteiger partial charge in [0, 0.05) is 30.6 Å². The number of fused-ring (bicyclic) bond motifs is 1. The van der Waals surface area contributed by atoms with Crippen molar-refractivity contribution in [2.24, 2.45) is 5.92 Å². The topological polar surface area (TPSA) is 40.6 Å². The molecule has 0 aliphatic carbocycles. The van der Waals surface area contributed by atoms with Crippen LogP contribution in [0.5, 0.6) is 0 Å². The summed E-state index contributed by atoms with van der Waals surface area (Å²) in [6.07, 6.45) is 3.49. The summed E-state index contributed by atoms with van der Waals surface area (Å²) in [7, 11) is 0. The lowest BCUT2D eigenvalue weighted by molar-refractivity contribution is 0.0713. The summed E-state index contributed by atoms with van der Waals surface area (Å²) < 4.78 is 13.0. The first kappa shape index (κ1) is 22.4. The Morgan fingerprint density at radius 2 is 1.73 bits per heavy atom. The summed E-state index contributed by atoms with van der Waals surface area (Å²) in [6.45, 7) is 4.52. The van der Waals surface area contributed by atoms with Gasteiger partial charge in [0.2, 0.25) is 0 Å². The minimum atomic E-state index is -0.316. The van der Waals surface area contributed by atoms with Crippen LogP contribution >= 0.6 is 12.4 Å². The molecule has 2 aromatic carbocycles. The fraction of sp³-hybridized carbons (Fsp3) is 0.417. The molecule has 160 valence electrons. The predicted octanol–water partition coefficient (Wildman–Crippen LogP) is 4.58. The average molecular weight is 431 g/mol. The molecule has 0 radical (unpaired) electrons. The second-order valence-corrected chi connectivity index (χ2v) is 8.16. The number of hydrogen-bond donors (Lipinski definition) is 0. The monoisotopic (exact) mass is 430 g/mol. The second-order valence-electron chi connectivity index (χ2n) is 8.16. The number of benzene rings is 2. The lowest BCUT2D eigenvalue weighted by Gasteiger charge is -2.33. The third-order valence-electron chi connectivity index (χ3n) is 6.13. The summed E-state index contributed by atoms with van der Waals surface area (Å²) in [4.78, 5) is 29.1. The summed E-state index contributed by atoms with van der Waals surface area (Å²) in [6, 6.07) is 13.7. The van der Waals surface area contributed by atoms with Crippen LogP contribution in [0.4, 0.5) is 4.39 Å². The third kappa shape index (κ3) is 5.27. The number of piperidine rings is 1. The van der Waals surface area contributed by atoms with Gasteiger partial charge in [-0.2, -0.15) is 0 Å². The molecular weight excluding hydrogens is 403 g/mol. The second kappa shape index (κ2) is 10.2. The highest BCUT2D eigenvalue weighted by Gasteiger charge is 2.30. The van der Waals surface area contributed by atoms with E-state index in [0.717, 1.165) is 63.1 Å². The van der Waals surface area contributed by atoms with Gasteiger partial charge in [0.05, 0.1) is 0 Å². The molecule has 30 heavy (non-hydrogen) atoms. The molecule has 6 heteroatoms. The Hall–Kier alpha value is -2.24. The SMILES string of the molecule is Cl.O=C(CCCN1CCC(CN2Cc3ccccc3C2=O)CC1)c1ccc(F)cc1. The maximum Gasteiger partial charge on any atom is 0.254 e. The van der Waals surface area contributed by atoms with Gasteiger partial charge in [-0.25, -0.2) is 4.39 Å². The highest BCUT2D eigenvalue weighted by molar-refractivity contribution is 5.98. The number of likely N-dealkylation sites (tertiary alicyclic amines) is 1. The molecule has 1 fully saturated rings. The van der Waals surface area contributed by atoms with Crippen molar-refractivity contribution in [3.63, 3.8) is 0 Å². The molecule has 0 saturated carbocycles. The molecule has 4 rings (SSSR count). The lowest BCUT2D eigenvalue weighted by atomic mass is 9.96. The van der Waals surface area contributed by atoms with Crippen LogP contribution in [0.25, 0.3) is 0 Å². The molecule has 2 aliphatic rings. The van der Waals surface area contributed by atoms with E-state index in [1.807, 2.05) is 29.2 Å². The zero-order valence-corrected chi connectivity index (χ0v) is 17.9. The highest BCUT2D eigenvalue weighted by Crippen LogP contribution is 2.26. The lowest BCUT2D eigenvalue weighted by Crippen LogP contribution is -2.39. The Balaban J connectivity index is 0.00000256. The molecule has 0 N–H and O–H groups in total. The van der Waals surface area contributed by atoms with Crippen LogP contribution in [0.2, 0.25) is 0 Å². The zero-order chi connectivity index (χ0) is 20.2. The standard InChI is InChI=1S/C24H27FN2O2.ClH/c25-21-9-7-19(8-10-21)23(28)6-3-13-26-14-11-18(12-15-26)16-27-17-20-4-1-2-5-22(20)24(27)29;/h1-2,4-5,7-10,18H,3,6,11-17H2;1H. The number of ketones is 1. The van der Waals surface area contributed by atoms with Gasteiger partial charge in [-0.3, -0.25) is 9.59 Å². The van der Waals surface area contributed by atoms with Crippen LogP contribution in [0, 0.1) is 11.7 Å². The summed E-state index contributed by atoms with van der Waals surface area (Å²) in [5, 5.41) is 0. The van der Waals surface area contributed by atoms with Gasteiger partial charge < -0.3 is 9.80 Å². The van der Waals surface area contributed by atoms with E-state index in [-0.39, 0.29) is 29.9 Å². The Morgan fingerprint density at radius 3 is 2.43 bits per heavy atom. The first-order chi connectivity index (χ1) is 14.1. The van der Waals surface area contributed by atoms with E-state index in [9.17, 15) is 14.0 Å². The van der Waals surface area contributed by atoms with E-state index < -0.39 is 0 Å². The number of carbonyl (C=O) groups is 2. The smallest absolute Gasteiger partial charge is 0.254 e. The van der Waals surface area contributed by atoms with Crippen molar-refractivity contribution >= 4 is 24.1 Å². The molecular formula is C24H28ClFN2O2. The van der Waals surface area contributed by atoms with E-state index in [4.69, 9.17) is 0 Å². The molecule has 0 atom stereocenters. The fourth-order valence-electron chi connectivity index (χ4n) is 4.41. The number of amides is 1. The molecule has 1 saturated heterocycles. The number of halogens is 2. The van der Waals surface area contributed by atoms with Crippen molar-refractivity contribution in [1.29, 1.82) is 0 Å². The van der Waals surface area contributed by atoms with Crippen molar-refractivity contribution in [3.05, 3.63) is 71.0 Å². The highest BCUT2D eigenvalue weighted by atomic mass is 35.5. The van der Waals surface area contributed by atoms with E-state index in [0.29, 0.717) is 17.9 Å². The van der Waals surface area contributed by atoms with Crippen molar-refractivity contribution < 1.29 is 14.0 Å². The number of nitrogens with zero attached hydrogens (tertiary/aromatic N) is 2. The minimum Gasteiger partial charge on any atom is -0.334 e. The molecule has 0 unspecified atom stereocenters. The van der Waals surface area contributed by atoms with E-state index >= 15 is 0 Å². The molecule has 0 spiro atoms. The van der Waals surface area contributed by atoms with E-state index in [1.165, 1.54) is 12.1 Å². The van der Waals surface area contributed by atoms with Gasteiger partial charge in [-0.1, -0.05) is 18.2 Å². The summed E-state index contributed by atoms with van der Waals surface area (Å²) in [5.41, 5.74) is 2.58. The van der Waals surface area contributed by atoms with Gasteiger partial charge in [0.15, 0.2) is 5.78 Å². The molecule has 4 nitrogen and oxygen atoms in total. The van der Waals surface area contributed by atoms with Crippen LogP contribution in [-0.2, 0) is 6.54 Å². The first-order valence-electron chi connectivity index (χ1n) is 10.5. The molecule has 2 heterocycles. The summed E-state index contributed by atoms with van der Waals surface area (Å²) >= 11 is 0. The zero-order valence-electron chi connectivity index (χ0n) is 17.1. The quantitative estimate of drug-likeness (QED) is 0.604. The van der Waals surface area contributed by atoms with Gasteiger partial charge in [-0.05, 0) is 80.7 Å². The normalized spacial score (nSPS) is 17.0. The molecule has 2 aliphatic heterocycles. The van der Waals surface area contributed by atoms with Crippen LogP contribution in [0.1, 0.15) is 52.0 Å². The van der Waals surface area contributed by atoms with Crippen LogP contribution in [-0.4, -0.2) is 47.7 Å². The van der Waals surface area contributed by atoms with Crippen molar-refractivity contribution in [2.45, 2.75) is 32.2 Å². The molecule has 0 bridgehead atoms. The Bertz CT molecular complexity index is 879.